The molecule has 0 aliphatic carbocycles. The van der Waals surface area contributed by atoms with Crippen LogP contribution in [0.3, 0.4) is 0 Å². The number of rotatable bonds is 6. The highest BCUT2D eigenvalue weighted by molar-refractivity contribution is 9.10. The highest BCUT2D eigenvalue weighted by Gasteiger charge is 2.05. The van der Waals surface area contributed by atoms with Gasteiger partial charge in [0.05, 0.1) is 6.61 Å². The fourth-order valence-corrected chi connectivity index (χ4v) is 2.67. The Bertz CT molecular complexity index is 553. The third-order valence-corrected chi connectivity index (χ3v) is 4.01. The van der Waals surface area contributed by atoms with Crippen LogP contribution < -0.4 is 4.74 Å². The molecule has 0 saturated heterocycles. The zero-order valence-electron chi connectivity index (χ0n) is 11.2. The van der Waals surface area contributed by atoms with Crippen molar-refractivity contribution < 1.29 is 9.47 Å². The van der Waals surface area contributed by atoms with Gasteiger partial charge in [-0.15, -0.1) is 0 Å². The minimum atomic E-state index is 0.737. The lowest BCUT2D eigenvalue weighted by molar-refractivity contribution is 0.202. The number of halogens is 2. The average Bonchev–Trinajstić information content (AvgIpc) is 2.48. The molecule has 0 amide bonds. The molecule has 0 aromatic heterocycles. The third-order valence-electron chi connectivity index (χ3n) is 2.91. The number of ether oxygens (including phenoxy) is 2. The van der Waals surface area contributed by atoms with Gasteiger partial charge in [0.25, 0.3) is 0 Å². The lowest BCUT2D eigenvalue weighted by Gasteiger charge is -2.10. The molecule has 4 heteroatoms. The summed E-state index contributed by atoms with van der Waals surface area (Å²) < 4.78 is 12.1. The van der Waals surface area contributed by atoms with Crippen LogP contribution in [0.1, 0.15) is 11.1 Å². The molecular formula is C16H16Br2O2. The van der Waals surface area contributed by atoms with Crippen LogP contribution in [0.5, 0.6) is 11.5 Å². The summed E-state index contributed by atoms with van der Waals surface area (Å²) in [6.45, 7) is 0.737. The Kier molecular flexibility index (Phi) is 6.07. The predicted octanol–water partition coefficient (Wildman–Crippen LogP) is 5.33. The normalized spacial score (nSPS) is 10.6. The van der Waals surface area contributed by atoms with E-state index in [1.165, 1.54) is 5.56 Å². The van der Waals surface area contributed by atoms with Gasteiger partial charge >= 0.3 is 0 Å². The summed E-state index contributed by atoms with van der Waals surface area (Å²) in [6, 6.07) is 14.1. The molecular weight excluding hydrogens is 384 g/mol. The van der Waals surface area contributed by atoms with Gasteiger partial charge in [0.15, 0.2) is 0 Å². The quantitative estimate of drug-likeness (QED) is 0.611. The third kappa shape index (κ3) is 4.33. The van der Waals surface area contributed by atoms with E-state index in [0.717, 1.165) is 39.9 Å². The predicted molar refractivity (Wildman–Crippen MR) is 88.9 cm³/mol. The Morgan fingerprint density at radius 3 is 2.45 bits per heavy atom. The van der Waals surface area contributed by atoms with Crippen LogP contribution in [0.25, 0.3) is 0 Å². The minimum absolute atomic E-state index is 0.737. The summed E-state index contributed by atoms with van der Waals surface area (Å²) in [6.07, 6.45) is 0.918. The fraction of sp³-hybridized carbons (Fsp3) is 0.250. The zero-order valence-corrected chi connectivity index (χ0v) is 14.4. The SMILES string of the molecule is COCCc1ccc(Oc2ccc(Br)cc2CBr)cc1. The topological polar surface area (TPSA) is 18.5 Å². The molecule has 2 aromatic carbocycles. The number of methoxy groups -OCH3 is 1. The average molecular weight is 400 g/mol. The molecule has 0 heterocycles. The van der Waals surface area contributed by atoms with Crippen molar-refractivity contribution in [2.24, 2.45) is 0 Å². The first kappa shape index (κ1) is 15.5. The molecule has 0 aliphatic rings. The molecule has 0 radical (unpaired) electrons. The summed E-state index contributed by atoms with van der Waals surface area (Å²) in [5.74, 6) is 1.71. The molecule has 106 valence electrons. The monoisotopic (exact) mass is 398 g/mol. The van der Waals surface area contributed by atoms with E-state index >= 15 is 0 Å². The van der Waals surface area contributed by atoms with Gasteiger partial charge in [-0.25, -0.2) is 0 Å². The molecule has 2 aromatic rings. The highest BCUT2D eigenvalue weighted by Crippen LogP contribution is 2.29. The Labute approximate surface area is 136 Å². The van der Waals surface area contributed by atoms with Crippen molar-refractivity contribution in [3.63, 3.8) is 0 Å². The van der Waals surface area contributed by atoms with Crippen molar-refractivity contribution in [2.75, 3.05) is 13.7 Å². The molecule has 2 rings (SSSR count). The maximum absolute atomic E-state index is 5.93. The number of hydrogen-bond donors (Lipinski definition) is 0. The van der Waals surface area contributed by atoms with Crippen LogP contribution in [0, 0.1) is 0 Å². The first-order valence-corrected chi connectivity index (χ1v) is 8.24. The van der Waals surface area contributed by atoms with Gasteiger partial charge in [0, 0.05) is 22.5 Å². The molecule has 2 nitrogen and oxygen atoms in total. The van der Waals surface area contributed by atoms with Crippen molar-refractivity contribution in [1.82, 2.24) is 0 Å². The summed E-state index contributed by atoms with van der Waals surface area (Å²) >= 11 is 6.95. The van der Waals surface area contributed by atoms with Gasteiger partial charge in [-0.05, 0) is 42.3 Å². The second-order valence-corrected chi connectivity index (χ2v) is 5.85. The van der Waals surface area contributed by atoms with Gasteiger partial charge in [-0.2, -0.15) is 0 Å². The van der Waals surface area contributed by atoms with E-state index in [1.807, 2.05) is 24.3 Å². The Balaban J connectivity index is 2.10. The van der Waals surface area contributed by atoms with E-state index in [1.54, 1.807) is 7.11 Å². The first-order valence-electron chi connectivity index (χ1n) is 6.33. The molecule has 0 unspecified atom stereocenters. The minimum Gasteiger partial charge on any atom is -0.457 e. The maximum Gasteiger partial charge on any atom is 0.131 e. The van der Waals surface area contributed by atoms with E-state index < -0.39 is 0 Å². The van der Waals surface area contributed by atoms with Crippen LogP contribution in [0.2, 0.25) is 0 Å². The van der Waals surface area contributed by atoms with E-state index in [9.17, 15) is 0 Å². The summed E-state index contributed by atoms with van der Waals surface area (Å²) in [5.41, 5.74) is 2.36. The fourth-order valence-electron chi connectivity index (χ4n) is 1.82. The summed E-state index contributed by atoms with van der Waals surface area (Å²) in [4.78, 5) is 0. The first-order chi connectivity index (χ1) is 9.72. The second-order valence-electron chi connectivity index (χ2n) is 4.37. The summed E-state index contributed by atoms with van der Waals surface area (Å²) in [5, 5.41) is 0.758. The number of benzene rings is 2. The Morgan fingerprint density at radius 1 is 1.05 bits per heavy atom. The zero-order chi connectivity index (χ0) is 14.4. The number of hydrogen-bond acceptors (Lipinski definition) is 2. The van der Waals surface area contributed by atoms with Crippen LogP contribution in [0.15, 0.2) is 46.9 Å². The van der Waals surface area contributed by atoms with Gasteiger partial charge in [-0.1, -0.05) is 44.0 Å². The smallest absolute Gasteiger partial charge is 0.131 e. The molecule has 0 fully saturated rings. The molecule has 0 bridgehead atoms. The summed E-state index contributed by atoms with van der Waals surface area (Å²) in [7, 11) is 1.72. The van der Waals surface area contributed by atoms with E-state index in [0.29, 0.717) is 0 Å². The van der Waals surface area contributed by atoms with Gasteiger partial charge in [0.1, 0.15) is 11.5 Å². The van der Waals surface area contributed by atoms with Crippen molar-refractivity contribution in [2.45, 2.75) is 11.8 Å². The van der Waals surface area contributed by atoms with Gasteiger partial charge < -0.3 is 9.47 Å². The largest absolute Gasteiger partial charge is 0.457 e. The number of alkyl halides is 1. The lowest BCUT2D eigenvalue weighted by Crippen LogP contribution is -1.94. The second kappa shape index (κ2) is 7.81. The van der Waals surface area contributed by atoms with Crippen molar-refractivity contribution in [1.29, 1.82) is 0 Å². The van der Waals surface area contributed by atoms with Gasteiger partial charge in [0.2, 0.25) is 0 Å². The van der Waals surface area contributed by atoms with Crippen molar-refractivity contribution in [3.05, 3.63) is 58.1 Å². The Hall–Kier alpha value is -0.840. The van der Waals surface area contributed by atoms with E-state index in [2.05, 4.69) is 50.1 Å². The maximum atomic E-state index is 5.93. The van der Waals surface area contributed by atoms with Crippen LogP contribution in [-0.2, 0) is 16.5 Å². The van der Waals surface area contributed by atoms with Crippen LogP contribution in [-0.4, -0.2) is 13.7 Å². The standard InChI is InChI=1S/C16H16Br2O2/c1-19-9-8-12-2-5-15(6-3-12)20-16-7-4-14(18)10-13(16)11-17/h2-7,10H,8-9,11H2,1H3. The highest BCUT2D eigenvalue weighted by atomic mass is 79.9. The van der Waals surface area contributed by atoms with Crippen LogP contribution >= 0.6 is 31.9 Å². The van der Waals surface area contributed by atoms with E-state index in [-0.39, 0.29) is 0 Å². The molecule has 0 atom stereocenters. The van der Waals surface area contributed by atoms with Gasteiger partial charge in [-0.3, -0.25) is 0 Å². The Morgan fingerprint density at radius 2 is 1.80 bits per heavy atom. The lowest BCUT2D eigenvalue weighted by atomic mass is 10.1. The van der Waals surface area contributed by atoms with Crippen molar-refractivity contribution in [3.8, 4) is 11.5 Å². The van der Waals surface area contributed by atoms with Crippen LogP contribution in [0.4, 0.5) is 0 Å². The molecule has 0 spiro atoms. The molecule has 20 heavy (non-hydrogen) atoms. The molecule has 0 N–H and O–H groups in total. The van der Waals surface area contributed by atoms with E-state index in [4.69, 9.17) is 9.47 Å². The molecule has 0 aliphatic heterocycles. The molecule has 0 saturated carbocycles. The van der Waals surface area contributed by atoms with Crippen molar-refractivity contribution >= 4 is 31.9 Å².